The Labute approximate surface area is 190 Å². The summed E-state index contributed by atoms with van der Waals surface area (Å²) in [7, 11) is 0. The van der Waals surface area contributed by atoms with Crippen LogP contribution in [0, 0.1) is 0 Å². The molecule has 8 nitrogen and oxygen atoms in total. The number of halogens is 1. The average Bonchev–Trinajstić information content (AvgIpc) is 3.51. The van der Waals surface area contributed by atoms with E-state index < -0.39 is 6.10 Å². The molecule has 0 amide bonds. The van der Waals surface area contributed by atoms with Crippen molar-refractivity contribution in [3.8, 4) is 17.3 Å². The molecule has 0 saturated carbocycles. The monoisotopic (exact) mass is 456 g/mol. The fourth-order valence-electron chi connectivity index (χ4n) is 4.91. The van der Waals surface area contributed by atoms with Crippen molar-refractivity contribution < 1.29 is 19.3 Å². The van der Waals surface area contributed by atoms with Gasteiger partial charge < -0.3 is 29.6 Å². The molecule has 0 unspecified atom stereocenters. The van der Waals surface area contributed by atoms with Crippen LogP contribution in [0.3, 0.4) is 0 Å². The first kappa shape index (κ1) is 20.4. The zero-order valence-corrected chi connectivity index (χ0v) is 18.2. The highest BCUT2D eigenvalue weighted by atomic mass is 35.5. The average molecular weight is 457 g/mol. The normalized spacial score (nSPS) is 28.3. The summed E-state index contributed by atoms with van der Waals surface area (Å²) < 4.78 is 17.2. The first-order valence-corrected chi connectivity index (χ1v) is 11.5. The molecule has 3 aromatic rings. The van der Waals surface area contributed by atoms with Gasteiger partial charge in [0, 0.05) is 5.56 Å². The second kappa shape index (κ2) is 8.28. The number of aliphatic hydroxyl groups excluding tert-OH is 1. The van der Waals surface area contributed by atoms with Crippen LogP contribution in [-0.2, 0) is 9.47 Å². The molecule has 0 aliphatic carbocycles. The quantitative estimate of drug-likeness (QED) is 0.554. The standard InChI is InChI=1S/C23H25ClN4O4/c24-15-9-16-22(28-23(26-16)32-18-11-31-20-17(29)10-30-21(18)20)27-19(15)14-3-1-12(2-4-14)13-5-7-25-8-6-13/h1-4,9,13,17-18,20-21,25,29H,5-8,10-11H2,(H,26,27,28)/t17-,18-,20-,21-/m1/s1. The number of pyridine rings is 1. The number of aromatic amines is 1. The van der Waals surface area contributed by atoms with E-state index in [-0.39, 0.29) is 24.9 Å². The molecule has 9 heteroatoms. The first-order valence-electron chi connectivity index (χ1n) is 11.1. The van der Waals surface area contributed by atoms with Gasteiger partial charge in [0.1, 0.15) is 18.3 Å². The van der Waals surface area contributed by atoms with E-state index in [0.717, 1.165) is 31.5 Å². The molecule has 5 heterocycles. The largest absolute Gasteiger partial charge is 0.456 e. The van der Waals surface area contributed by atoms with E-state index in [1.165, 1.54) is 5.56 Å². The molecule has 0 bridgehead atoms. The zero-order chi connectivity index (χ0) is 21.7. The Bertz CT molecular complexity index is 1120. The molecular weight excluding hydrogens is 432 g/mol. The van der Waals surface area contributed by atoms with Crippen LogP contribution in [0.25, 0.3) is 22.4 Å². The van der Waals surface area contributed by atoms with Crippen LogP contribution in [0.1, 0.15) is 24.3 Å². The highest BCUT2D eigenvalue weighted by Crippen LogP contribution is 2.33. The van der Waals surface area contributed by atoms with E-state index >= 15 is 0 Å². The number of hydrogen-bond donors (Lipinski definition) is 3. The summed E-state index contributed by atoms with van der Waals surface area (Å²) in [5, 5.41) is 13.9. The zero-order valence-electron chi connectivity index (χ0n) is 17.5. The molecule has 3 saturated heterocycles. The smallest absolute Gasteiger partial charge is 0.296 e. The number of hydrogen-bond acceptors (Lipinski definition) is 7. The van der Waals surface area contributed by atoms with E-state index in [2.05, 4.69) is 39.6 Å². The number of rotatable bonds is 4. The van der Waals surface area contributed by atoms with Crippen molar-refractivity contribution in [3.05, 3.63) is 40.9 Å². The summed E-state index contributed by atoms with van der Waals surface area (Å²) in [4.78, 5) is 12.3. The third-order valence-corrected chi connectivity index (χ3v) is 6.93. The maximum absolute atomic E-state index is 9.90. The molecular formula is C23H25ClN4O4. The summed E-state index contributed by atoms with van der Waals surface area (Å²) in [5.74, 6) is 0.603. The third kappa shape index (κ3) is 3.66. The van der Waals surface area contributed by atoms with Crippen LogP contribution in [0.4, 0.5) is 0 Å². The molecule has 3 aliphatic heterocycles. The Morgan fingerprint density at radius 2 is 1.81 bits per heavy atom. The minimum Gasteiger partial charge on any atom is -0.456 e. The Hall–Kier alpha value is -2.23. The van der Waals surface area contributed by atoms with Crippen molar-refractivity contribution >= 4 is 22.8 Å². The van der Waals surface area contributed by atoms with E-state index in [1.807, 2.05) is 6.07 Å². The van der Waals surface area contributed by atoms with E-state index in [9.17, 15) is 5.11 Å². The lowest BCUT2D eigenvalue weighted by atomic mass is 9.89. The van der Waals surface area contributed by atoms with Gasteiger partial charge in [0.15, 0.2) is 11.8 Å². The predicted molar refractivity (Wildman–Crippen MR) is 119 cm³/mol. The minimum absolute atomic E-state index is 0.256. The van der Waals surface area contributed by atoms with Gasteiger partial charge in [0.2, 0.25) is 0 Å². The maximum atomic E-state index is 9.90. The lowest BCUT2D eigenvalue weighted by Gasteiger charge is -2.23. The minimum atomic E-state index is -0.617. The van der Waals surface area contributed by atoms with Crippen LogP contribution < -0.4 is 10.1 Å². The van der Waals surface area contributed by atoms with Crippen LogP contribution >= 0.6 is 11.6 Å². The van der Waals surface area contributed by atoms with E-state index in [0.29, 0.717) is 40.4 Å². The van der Waals surface area contributed by atoms with Gasteiger partial charge in [-0.3, -0.25) is 0 Å². The molecule has 3 aliphatic rings. The van der Waals surface area contributed by atoms with Crippen molar-refractivity contribution in [2.24, 2.45) is 0 Å². The molecule has 2 aromatic heterocycles. The van der Waals surface area contributed by atoms with Gasteiger partial charge in [-0.05, 0) is 43.5 Å². The summed E-state index contributed by atoms with van der Waals surface area (Å²) in [5.41, 5.74) is 4.24. The number of ether oxygens (including phenoxy) is 3. The van der Waals surface area contributed by atoms with Crippen LogP contribution in [0.2, 0.25) is 5.02 Å². The fraction of sp³-hybridized carbons (Fsp3) is 0.478. The molecule has 0 spiro atoms. The second-order valence-corrected chi connectivity index (χ2v) is 9.10. The van der Waals surface area contributed by atoms with Crippen molar-refractivity contribution in [1.29, 1.82) is 0 Å². The Morgan fingerprint density at radius 3 is 2.62 bits per heavy atom. The van der Waals surface area contributed by atoms with Crippen molar-refractivity contribution in [3.63, 3.8) is 0 Å². The lowest BCUT2D eigenvalue weighted by molar-refractivity contribution is 0.00706. The second-order valence-electron chi connectivity index (χ2n) is 8.70. The summed E-state index contributed by atoms with van der Waals surface area (Å²) in [6.45, 7) is 2.74. The summed E-state index contributed by atoms with van der Waals surface area (Å²) >= 11 is 6.57. The molecule has 32 heavy (non-hydrogen) atoms. The van der Waals surface area contributed by atoms with Gasteiger partial charge in [-0.25, -0.2) is 4.98 Å². The van der Waals surface area contributed by atoms with Gasteiger partial charge in [-0.1, -0.05) is 35.9 Å². The van der Waals surface area contributed by atoms with Crippen LogP contribution in [-0.4, -0.2) is 70.8 Å². The first-order chi connectivity index (χ1) is 15.7. The Morgan fingerprint density at radius 1 is 1.03 bits per heavy atom. The predicted octanol–water partition coefficient (Wildman–Crippen LogP) is 2.65. The molecule has 0 radical (unpaired) electrons. The number of H-pyrrole nitrogens is 1. The Kier molecular flexibility index (Phi) is 5.27. The number of imidazole rings is 1. The lowest BCUT2D eigenvalue weighted by Crippen LogP contribution is -2.34. The van der Waals surface area contributed by atoms with Gasteiger partial charge in [-0.15, -0.1) is 0 Å². The van der Waals surface area contributed by atoms with E-state index in [4.69, 9.17) is 30.8 Å². The molecule has 168 valence electrons. The van der Waals surface area contributed by atoms with Crippen molar-refractivity contribution in [1.82, 2.24) is 20.3 Å². The third-order valence-electron chi connectivity index (χ3n) is 6.64. The van der Waals surface area contributed by atoms with Crippen LogP contribution in [0.5, 0.6) is 6.01 Å². The highest BCUT2D eigenvalue weighted by molar-refractivity contribution is 6.33. The Balaban J connectivity index is 1.23. The van der Waals surface area contributed by atoms with Crippen molar-refractivity contribution in [2.75, 3.05) is 26.3 Å². The van der Waals surface area contributed by atoms with Crippen LogP contribution in [0.15, 0.2) is 30.3 Å². The number of aliphatic hydroxyl groups is 1. The summed E-state index contributed by atoms with van der Waals surface area (Å²) in [6, 6.07) is 10.7. The molecule has 3 fully saturated rings. The molecule has 1 aromatic carbocycles. The molecule has 4 atom stereocenters. The number of fused-ring (bicyclic) bond motifs is 2. The molecule has 6 rings (SSSR count). The molecule has 3 N–H and O–H groups in total. The van der Waals surface area contributed by atoms with E-state index in [1.54, 1.807) is 0 Å². The fourth-order valence-corrected chi connectivity index (χ4v) is 5.17. The number of piperidine rings is 1. The van der Waals surface area contributed by atoms with Gasteiger partial charge in [0.25, 0.3) is 6.01 Å². The highest BCUT2D eigenvalue weighted by Gasteiger charge is 2.48. The number of benzene rings is 1. The van der Waals surface area contributed by atoms with Crippen molar-refractivity contribution in [2.45, 2.75) is 43.2 Å². The topological polar surface area (TPSA) is 102 Å². The SMILES string of the molecule is O[C@@H]1CO[C@H]2[C@@H]1OC[C@H]2Oc1nc2nc(-c3ccc(C4CCNCC4)cc3)c(Cl)cc2[nH]1. The maximum Gasteiger partial charge on any atom is 0.296 e. The van der Waals surface area contributed by atoms with Gasteiger partial charge in [-0.2, -0.15) is 4.98 Å². The number of nitrogens with zero attached hydrogens (tertiary/aromatic N) is 2. The number of nitrogens with one attached hydrogen (secondary N) is 2. The summed E-state index contributed by atoms with van der Waals surface area (Å²) in [6.07, 6.45) is 0.722. The van der Waals surface area contributed by atoms with Gasteiger partial charge >= 0.3 is 0 Å². The number of aromatic nitrogens is 3. The van der Waals surface area contributed by atoms with Gasteiger partial charge in [0.05, 0.1) is 29.4 Å².